The van der Waals surface area contributed by atoms with Gasteiger partial charge in [-0.1, -0.05) is 0 Å². The summed E-state index contributed by atoms with van der Waals surface area (Å²) < 4.78 is 0. The standard InChI is InChI=1S/C10H15NO2/c12-9-5-1-3-8-4-2-6-10(13)11(8)7-9/h8H,1-7H2/t8-/m1/s1. The van der Waals surface area contributed by atoms with Crippen molar-refractivity contribution in [2.75, 3.05) is 6.54 Å². The molecule has 0 aliphatic carbocycles. The van der Waals surface area contributed by atoms with Crippen LogP contribution in [0.4, 0.5) is 0 Å². The van der Waals surface area contributed by atoms with Crippen LogP contribution in [0.1, 0.15) is 38.5 Å². The number of nitrogens with zero attached hydrogens (tertiary/aromatic N) is 1. The molecule has 2 aliphatic rings. The second kappa shape index (κ2) is 3.48. The maximum absolute atomic E-state index is 11.5. The molecule has 72 valence electrons. The summed E-state index contributed by atoms with van der Waals surface area (Å²) in [5.41, 5.74) is 0. The number of piperidine rings is 1. The molecule has 0 saturated carbocycles. The zero-order valence-electron chi connectivity index (χ0n) is 7.79. The van der Waals surface area contributed by atoms with Gasteiger partial charge < -0.3 is 4.90 Å². The van der Waals surface area contributed by atoms with Gasteiger partial charge in [0.15, 0.2) is 5.78 Å². The molecule has 13 heavy (non-hydrogen) atoms. The van der Waals surface area contributed by atoms with E-state index in [2.05, 4.69) is 0 Å². The number of ketones is 1. The van der Waals surface area contributed by atoms with Gasteiger partial charge in [-0.25, -0.2) is 0 Å². The normalized spacial score (nSPS) is 29.8. The Morgan fingerprint density at radius 3 is 2.54 bits per heavy atom. The first-order valence-electron chi connectivity index (χ1n) is 5.08. The number of fused-ring (bicyclic) bond motifs is 1. The van der Waals surface area contributed by atoms with Crippen molar-refractivity contribution in [2.45, 2.75) is 44.6 Å². The maximum atomic E-state index is 11.5. The first-order valence-corrected chi connectivity index (χ1v) is 5.08. The predicted octanol–water partition coefficient (Wildman–Crippen LogP) is 1.12. The molecule has 0 spiro atoms. The highest BCUT2D eigenvalue weighted by atomic mass is 16.2. The average molecular weight is 181 g/mol. The summed E-state index contributed by atoms with van der Waals surface area (Å²) in [6, 6.07) is 0.368. The molecule has 1 atom stereocenters. The van der Waals surface area contributed by atoms with Crippen LogP contribution < -0.4 is 0 Å². The van der Waals surface area contributed by atoms with Crippen LogP contribution in [0.2, 0.25) is 0 Å². The number of amides is 1. The fourth-order valence-corrected chi connectivity index (χ4v) is 2.31. The van der Waals surface area contributed by atoms with Crippen LogP contribution in [-0.2, 0) is 9.59 Å². The summed E-state index contributed by atoms with van der Waals surface area (Å²) >= 11 is 0. The Morgan fingerprint density at radius 2 is 1.77 bits per heavy atom. The average Bonchev–Trinajstić information content (AvgIpc) is 2.28. The number of Topliss-reactive ketones (excluding diaryl/α,β-unsaturated/α-hetero) is 1. The van der Waals surface area contributed by atoms with Gasteiger partial charge in [0, 0.05) is 18.9 Å². The summed E-state index contributed by atoms with van der Waals surface area (Å²) in [5, 5.41) is 0. The zero-order valence-corrected chi connectivity index (χ0v) is 7.79. The van der Waals surface area contributed by atoms with Crippen LogP contribution in [0.5, 0.6) is 0 Å². The minimum absolute atomic E-state index is 0.187. The smallest absolute Gasteiger partial charge is 0.223 e. The summed E-state index contributed by atoms with van der Waals surface area (Å²) in [5.74, 6) is 0.421. The van der Waals surface area contributed by atoms with Crippen LogP contribution in [0, 0.1) is 0 Å². The SMILES string of the molecule is O=C1CCC[C@@H]2CCCC(=O)N2C1. The molecule has 0 bridgehead atoms. The molecule has 0 radical (unpaired) electrons. The molecule has 0 aromatic heterocycles. The van der Waals surface area contributed by atoms with Gasteiger partial charge in [0.05, 0.1) is 6.54 Å². The van der Waals surface area contributed by atoms with Gasteiger partial charge in [-0.3, -0.25) is 9.59 Å². The first-order chi connectivity index (χ1) is 6.27. The van der Waals surface area contributed by atoms with E-state index in [1.165, 1.54) is 0 Å². The Hall–Kier alpha value is -0.860. The van der Waals surface area contributed by atoms with Crippen molar-refractivity contribution in [1.29, 1.82) is 0 Å². The summed E-state index contributed by atoms with van der Waals surface area (Å²) in [6.07, 6.45) is 5.40. The van der Waals surface area contributed by atoms with Crippen LogP contribution in [0.15, 0.2) is 0 Å². The van der Waals surface area contributed by atoms with E-state index >= 15 is 0 Å². The van der Waals surface area contributed by atoms with Crippen molar-refractivity contribution in [3.8, 4) is 0 Å². The second-order valence-corrected chi connectivity index (χ2v) is 4.00. The molecule has 3 nitrogen and oxygen atoms in total. The fraction of sp³-hybridized carbons (Fsp3) is 0.800. The van der Waals surface area contributed by atoms with Gasteiger partial charge in [0.25, 0.3) is 0 Å². The number of hydrogen-bond donors (Lipinski definition) is 0. The third-order valence-corrected chi connectivity index (χ3v) is 3.03. The van der Waals surface area contributed by atoms with E-state index in [1.54, 1.807) is 4.90 Å². The van der Waals surface area contributed by atoms with Crippen LogP contribution in [-0.4, -0.2) is 29.2 Å². The van der Waals surface area contributed by atoms with E-state index in [0.29, 0.717) is 25.4 Å². The molecule has 2 rings (SSSR count). The van der Waals surface area contributed by atoms with E-state index in [-0.39, 0.29) is 11.7 Å². The third kappa shape index (κ3) is 1.74. The monoisotopic (exact) mass is 181 g/mol. The largest absolute Gasteiger partial charge is 0.332 e. The first kappa shape index (κ1) is 8.73. The molecule has 2 saturated heterocycles. The van der Waals surface area contributed by atoms with Crippen molar-refractivity contribution >= 4 is 11.7 Å². The topological polar surface area (TPSA) is 37.4 Å². The van der Waals surface area contributed by atoms with Crippen molar-refractivity contribution in [3.63, 3.8) is 0 Å². The van der Waals surface area contributed by atoms with E-state index in [1.807, 2.05) is 0 Å². The van der Waals surface area contributed by atoms with E-state index in [9.17, 15) is 9.59 Å². The Morgan fingerprint density at radius 1 is 1.08 bits per heavy atom. The van der Waals surface area contributed by atoms with Gasteiger partial charge in [-0.05, 0) is 25.7 Å². The molecule has 1 amide bonds. The maximum Gasteiger partial charge on any atom is 0.223 e. The molecule has 0 aromatic rings. The summed E-state index contributed by atoms with van der Waals surface area (Å²) in [4.78, 5) is 24.6. The number of hydrogen-bond acceptors (Lipinski definition) is 2. The van der Waals surface area contributed by atoms with Gasteiger partial charge in [0.2, 0.25) is 5.91 Å². The van der Waals surface area contributed by atoms with Crippen LogP contribution in [0.25, 0.3) is 0 Å². The minimum atomic E-state index is 0.187. The minimum Gasteiger partial charge on any atom is -0.332 e. The van der Waals surface area contributed by atoms with Gasteiger partial charge in [-0.15, -0.1) is 0 Å². The van der Waals surface area contributed by atoms with Crippen molar-refractivity contribution in [1.82, 2.24) is 4.90 Å². The number of rotatable bonds is 0. The number of carbonyl (C=O) groups excluding carboxylic acids is 2. The third-order valence-electron chi connectivity index (χ3n) is 3.03. The molecule has 0 N–H and O–H groups in total. The molecule has 2 fully saturated rings. The lowest BCUT2D eigenvalue weighted by atomic mass is 9.99. The Labute approximate surface area is 78.1 Å². The van der Waals surface area contributed by atoms with E-state index in [4.69, 9.17) is 0 Å². The molecule has 3 heteroatoms. The molecule has 0 aromatic carbocycles. The lowest BCUT2D eigenvalue weighted by molar-refractivity contribution is -0.139. The lowest BCUT2D eigenvalue weighted by Gasteiger charge is -2.33. The summed E-state index contributed by atoms with van der Waals surface area (Å²) in [6.45, 7) is 0.378. The highest BCUT2D eigenvalue weighted by Crippen LogP contribution is 2.24. The molecular formula is C10H15NO2. The van der Waals surface area contributed by atoms with Gasteiger partial charge in [-0.2, -0.15) is 0 Å². The van der Waals surface area contributed by atoms with E-state index < -0.39 is 0 Å². The Kier molecular flexibility index (Phi) is 2.34. The van der Waals surface area contributed by atoms with Crippen molar-refractivity contribution < 1.29 is 9.59 Å². The summed E-state index contributed by atoms with van der Waals surface area (Å²) in [7, 11) is 0. The highest BCUT2D eigenvalue weighted by molar-refractivity contribution is 5.87. The van der Waals surface area contributed by atoms with Crippen LogP contribution >= 0.6 is 0 Å². The molecule has 2 aliphatic heterocycles. The van der Waals surface area contributed by atoms with Crippen molar-refractivity contribution in [3.05, 3.63) is 0 Å². The Bertz CT molecular complexity index is 237. The van der Waals surface area contributed by atoms with E-state index in [0.717, 1.165) is 25.7 Å². The predicted molar refractivity (Wildman–Crippen MR) is 48.2 cm³/mol. The van der Waals surface area contributed by atoms with Gasteiger partial charge in [0.1, 0.15) is 0 Å². The fourth-order valence-electron chi connectivity index (χ4n) is 2.31. The molecule has 0 unspecified atom stereocenters. The highest BCUT2D eigenvalue weighted by Gasteiger charge is 2.30. The Balaban J connectivity index is 2.12. The van der Waals surface area contributed by atoms with Crippen LogP contribution in [0.3, 0.4) is 0 Å². The molecule has 2 heterocycles. The molecular weight excluding hydrogens is 166 g/mol. The lowest BCUT2D eigenvalue weighted by Crippen LogP contribution is -2.44. The zero-order chi connectivity index (χ0) is 9.26. The number of carbonyl (C=O) groups is 2. The second-order valence-electron chi connectivity index (χ2n) is 4.00. The quantitative estimate of drug-likeness (QED) is 0.561. The van der Waals surface area contributed by atoms with Gasteiger partial charge >= 0.3 is 0 Å². The van der Waals surface area contributed by atoms with Crippen molar-refractivity contribution in [2.24, 2.45) is 0 Å².